The molecule has 0 aliphatic rings. The molecule has 0 spiro atoms. The molecule has 1 N–H and O–H groups in total. The van der Waals surface area contributed by atoms with E-state index in [9.17, 15) is 4.79 Å². The third kappa shape index (κ3) is 5.25. The molecule has 4 aromatic rings. The molecular formula is C25H24ClN3O2. The van der Waals surface area contributed by atoms with Gasteiger partial charge in [-0.3, -0.25) is 4.79 Å². The third-order valence-corrected chi connectivity index (χ3v) is 5.26. The van der Waals surface area contributed by atoms with Crippen molar-refractivity contribution >= 4 is 28.5 Å². The molecule has 31 heavy (non-hydrogen) atoms. The van der Waals surface area contributed by atoms with Gasteiger partial charge < -0.3 is 14.6 Å². The fourth-order valence-electron chi connectivity index (χ4n) is 3.55. The van der Waals surface area contributed by atoms with Gasteiger partial charge in [-0.25, -0.2) is 4.98 Å². The number of hydrogen-bond acceptors (Lipinski definition) is 3. The number of carbonyl (C=O) groups is 1. The zero-order chi connectivity index (χ0) is 21.6. The van der Waals surface area contributed by atoms with Crippen LogP contribution in [0, 0.1) is 6.92 Å². The quantitative estimate of drug-likeness (QED) is 0.423. The Kier molecular flexibility index (Phi) is 6.53. The molecule has 3 aromatic carbocycles. The van der Waals surface area contributed by atoms with Crippen molar-refractivity contribution in [2.45, 2.75) is 19.9 Å². The van der Waals surface area contributed by atoms with Gasteiger partial charge in [-0.05, 0) is 55.0 Å². The van der Waals surface area contributed by atoms with Crippen LogP contribution in [0.2, 0.25) is 5.02 Å². The van der Waals surface area contributed by atoms with Crippen molar-refractivity contribution in [2.75, 3.05) is 13.2 Å². The summed E-state index contributed by atoms with van der Waals surface area (Å²) in [5.74, 6) is 1.63. The minimum absolute atomic E-state index is 0.145. The van der Waals surface area contributed by atoms with Gasteiger partial charge in [0.1, 0.15) is 18.2 Å². The molecule has 0 bridgehead atoms. The first-order valence-corrected chi connectivity index (χ1v) is 10.7. The maximum Gasteiger partial charge on any atom is 0.251 e. The molecule has 158 valence electrons. The van der Waals surface area contributed by atoms with Gasteiger partial charge in [-0.1, -0.05) is 41.9 Å². The van der Waals surface area contributed by atoms with Crippen LogP contribution in [0.4, 0.5) is 0 Å². The second-order valence-electron chi connectivity index (χ2n) is 7.35. The number of ether oxygens (including phenoxy) is 1. The van der Waals surface area contributed by atoms with Crippen molar-refractivity contribution < 1.29 is 9.53 Å². The van der Waals surface area contributed by atoms with Crippen molar-refractivity contribution in [1.29, 1.82) is 0 Å². The van der Waals surface area contributed by atoms with Crippen LogP contribution in [0.1, 0.15) is 21.7 Å². The highest BCUT2D eigenvalue weighted by atomic mass is 35.5. The van der Waals surface area contributed by atoms with Crippen LogP contribution in [-0.2, 0) is 13.0 Å². The molecule has 0 radical (unpaired) electrons. The molecule has 6 heteroatoms. The first kappa shape index (κ1) is 20.9. The highest BCUT2D eigenvalue weighted by Crippen LogP contribution is 2.18. The molecule has 5 nitrogen and oxygen atoms in total. The zero-order valence-corrected chi connectivity index (χ0v) is 18.1. The van der Waals surface area contributed by atoms with E-state index >= 15 is 0 Å². The molecule has 0 atom stereocenters. The highest BCUT2D eigenvalue weighted by Gasteiger charge is 2.12. The van der Waals surface area contributed by atoms with Crippen LogP contribution in [0.15, 0.2) is 72.8 Å². The van der Waals surface area contributed by atoms with Gasteiger partial charge in [0, 0.05) is 23.6 Å². The number of imidazole rings is 1. The number of halogens is 1. The topological polar surface area (TPSA) is 56.1 Å². The van der Waals surface area contributed by atoms with E-state index in [1.165, 1.54) is 5.56 Å². The summed E-state index contributed by atoms with van der Waals surface area (Å²) >= 11 is 5.98. The van der Waals surface area contributed by atoms with Crippen LogP contribution in [0.3, 0.4) is 0 Å². The number of carbonyl (C=O) groups excluding carboxylic acids is 1. The molecule has 0 saturated heterocycles. The van der Waals surface area contributed by atoms with Gasteiger partial charge >= 0.3 is 0 Å². The van der Waals surface area contributed by atoms with Gasteiger partial charge in [-0.2, -0.15) is 0 Å². The number of nitrogens with one attached hydrogen (secondary N) is 1. The molecule has 0 unspecified atom stereocenters. The summed E-state index contributed by atoms with van der Waals surface area (Å²) < 4.78 is 8.11. The highest BCUT2D eigenvalue weighted by molar-refractivity contribution is 6.30. The number of aromatic nitrogens is 2. The Morgan fingerprint density at radius 2 is 1.90 bits per heavy atom. The number of benzene rings is 3. The summed E-state index contributed by atoms with van der Waals surface area (Å²) in [5.41, 5.74) is 3.72. The second-order valence-corrected chi connectivity index (χ2v) is 7.79. The maximum absolute atomic E-state index is 12.4. The minimum atomic E-state index is -0.145. The number of nitrogens with zero attached hydrogens (tertiary/aromatic N) is 2. The molecule has 0 saturated carbocycles. The van der Waals surface area contributed by atoms with Crippen LogP contribution < -0.4 is 10.1 Å². The van der Waals surface area contributed by atoms with Crippen molar-refractivity contribution in [3.63, 3.8) is 0 Å². The third-order valence-electron chi connectivity index (χ3n) is 5.03. The van der Waals surface area contributed by atoms with E-state index in [1.807, 2.05) is 49.4 Å². The Hall–Kier alpha value is -3.31. The lowest BCUT2D eigenvalue weighted by molar-refractivity contribution is 0.0954. The SMILES string of the molecule is Cc1cccc(OCCn2c(CCNC(=O)c3cccc(Cl)c3)nc3ccccc32)c1. The molecule has 0 aliphatic carbocycles. The molecular weight excluding hydrogens is 410 g/mol. The predicted octanol–water partition coefficient (Wildman–Crippen LogP) is 5.05. The smallest absolute Gasteiger partial charge is 0.251 e. The fourth-order valence-corrected chi connectivity index (χ4v) is 3.74. The summed E-state index contributed by atoms with van der Waals surface area (Å²) in [7, 11) is 0. The molecule has 4 rings (SSSR count). The van der Waals surface area contributed by atoms with E-state index in [0.29, 0.717) is 36.7 Å². The Morgan fingerprint density at radius 1 is 1.06 bits per heavy atom. The summed E-state index contributed by atoms with van der Waals surface area (Å²) in [6.45, 7) is 3.73. The summed E-state index contributed by atoms with van der Waals surface area (Å²) in [6.07, 6.45) is 0.616. The lowest BCUT2D eigenvalue weighted by Gasteiger charge is -2.12. The molecule has 1 heterocycles. The number of amides is 1. The largest absolute Gasteiger partial charge is 0.492 e. The summed E-state index contributed by atoms with van der Waals surface area (Å²) in [4.78, 5) is 17.2. The lowest BCUT2D eigenvalue weighted by Crippen LogP contribution is -2.26. The predicted molar refractivity (Wildman–Crippen MR) is 124 cm³/mol. The van der Waals surface area contributed by atoms with Gasteiger partial charge in [0.25, 0.3) is 5.91 Å². The normalized spacial score (nSPS) is 10.9. The fraction of sp³-hybridized carbons (Fsp3) is 0.200. The number of rotatable bonds is 8. The van der Waals surface area contributed by atoms with Gasteiger partial charge in [0.2, 0.25) is 0 Å². The standard InChI is InChI=1S/C25H24ClN3O2/c1-18-6-4-9-21(16-18)31-15-14-29-23-11-3-2-10-22(23)28-24(29)12-13-27-25(30)19-7-5-8-20(26)17-19/h2-11,16-17H,12-15H2,1H3,(H,27,30). The molecule has 1 amide bonds. The molecule has 1 aromatic heterocycles. The Morgan fingerprint density at radius 3 is 2.74 bits per heavy atom. The van der Waals surface area contributed by atoms with Crippen LogP contribution in [-0.4, -0.2) is 28.6 Å². The van der Waals surface area contributed by atoms with Gasteiger partial charge in [-0.15, -0.1) is 0 Å². The van der Waals surface area contributed by atoms with Crippen LogP contribution in [0.25, 0.3) is 11.0 Å². The van der Waals surface area contributed by atoms with Crippen LogP contribution >= 0.6 is 11.6 Å². The summed E-state index contributed by atoms with van der Waals surface area (Å²) in [6, 6.07) is 23.0. The van der Waals surface area contributed by atoms with Crippen LogP contribution in [0.5, 0.6) is 5.75 Å². The first-order chi connectivity index (χ1) is 15.1. The van der Waals surface area contributed by atoms with E-state index in [4.69, 9.17) is 21.3 Å². The van der Waals surface area contributed by atoms with Crippen molar-refractivity contribution in [2.24, 2.45) is 0 Å². The van der Waals surface area contributed by atoms with E-state index in [-0.39, 0.29) is 5.91 Å². The van der Waals surface area contributed by atoms with E-state index < -0.39 is 0 Å². The summed E-state index contributed by atoms with van der Waals surface area (Å²) in [5, 5.41) is 3.50. The van der Waals surface area contributed by atoms with Crippen molar-refractivity contribution in [3.8, 4) is 5.75 Å². The first-order valence-electron chi connectivity index (χ1n) is 10.3. The van der Waals surface area contributed by atoms with Gasteiger partial charge in [0.05, 0.1) is 17.6 Å². The van der Waals surface area contributed by atoms with E-state index in [2.05, 4.69) is 16.0 Å². The average molecular weight is 434 g/mol. The zero-order valence-electron chi connectivity index (χ0n) is 17.3. The Bertz CT molecular complexity index is 1200. The van der Waals surface area contributed by atoms with E-state index in [1.54, 1.807) is 24.3 Å². The molecule has 0 aliphatic heterocycles. The van der Waals surface area contributed by atoms with Gasteiger partial charge in [0.15, 0.2) is 0 Å². The average Bonchev–Trinajstić information content (AvgIpc) is 3.11. The van der Waals surface area contributed by atoms with E-state index in [0.717, 1.165) is 22.6 Å². The maximum atomic E-state index is 12.4. The number of fused-ring (bicyclic) bond motifs is 1. The van der Waals surface area contributed by atoms with Crippen molar-refractivity contribution in [3.05, 3.63) is 94.8 Å². The number of para-hydroxylation sites is 2. The monoisotopic (exact) mass is 433 g/mol. The Balaban J connectivity index is 1.42. The minimum Gasteiger partial charge on any atom is -0.492 e. The number of hydrogen-bond donors (Lipinski definition) is 1. The second kappa shape index (κ2) is 9.67. The molecule has 0 fully saturated rings. The number of aryl methyl sites for hydroxylation is 1. The van der Waals surface area contributed by atoms with Crippen molar-refractivity contribution in [1.82, 2.24) is 14.9 Å². The Labute approximate surface area is 186 Å². The lowest BCUT2D eigenvalue weighted by atomic mass is 10.2.